The van der Waals surface area contributed by atoms with Crippen LogP contribution in [-0.2, 0) is 6.54 Å². The van der Waals surface area contributed by atoms with Gasteiger partial charge in [0.25, 0.3) is 0 Å². The van der Waals surface area contributed by atoms with E-state index in [0.717, 1.165) is 18.7 Å². The molecule has 19 heavy (non-hydrogen) atoms. The van der Waals surface area contributed by atoms with Crippen molar-refractivity contribution in [2.75, 3.05) is 6.54 Å². The van der Waals surface area contributed by atoms with Crippen LogP contribution in [0.2, 0.25) is 0 Å². The third-order valence-electron chi connectivity index (χ3n) is 3.93. The maximum Gasteiger partial charge on any atom is 0.133 e. The van der Waals surface area contributed by atoms with Gasteiger partial charge in [-0.15, -0.1) is 0 Å². The van der Waals surface area contributed by atoms with Crippen LogP contribution < -0.4 is 5.73 Å². The SMILES string of the molecule is CCN(Cc1ccc(F)c(C(N)=S)c1)C1CCCC1. The van der Waals surface area contributed by atoms with E-state index in [-0.39, 0.29) is 10.8 Å². The van der Waals surface area contributed by atoms with Crippen molar-refractivity contribution in [3.05, 3.63) is 35.1 Å². The lowest BCUT2D eigenvalue weighted by atomic mass is 10.1. The summed E-state index contributed by atoms with van der Waals surface area (Å²) in [7, 11) is 0. The van der Waals surface area contributed by atoms with Gasteiger partial charge in [-0.05, 0) is 37.1 Å². The van der Waals surface area contributed by atoms with E-state index in [2.05, 4.69) is 11.8 Å². The lowest BCUT2D eigenvalue weighted by molar-refractivity contribution is 0.200. The first-order valence-corrected chi connectivity index (χ1v) is 7.35. The largest absolute Gasteiger partial charge is 0.389 e. The van der Waals surface area contributed by atoms with E-state index in [4.69, 9.17) is 18.0 Å². The van der Waals surface area contributed by atoms with Gasteiger partial charge in [0.15, 0.2) is 0 Å². The molecule has 1 saturated carbocycles. The normalized spacial score (nSPS) is 16.2. The van der Waals surface area contributed by atoms with E-state index >= 15 is 0 Å². The summed E-state index contributed by atoms with van der Waals surface area (Å²) in [6.07, 6.45) is 5.19. The summed E-state index contributed by atoms with van der Waals surface area (Å²) in [5, 5.41) is 0. The van der Waals surface area contributed by atoms with Gasteiger partial charge in [0.1, 0.15) is 10.8 Å². The van der Waals surface area contributed by atoms with E-state index in [0.29, 0.717) is 11.6 Å². The molecule has 4 heteroatoms. The zero-order chi connectivity index (χ0) is 13.8. The third-order valence-corrected chi connectivity index (χ3v) is 4.15. The number of benzene rings is 1. The fourth-order valence-corrected chi connectivity index (χ4v) is 3.02. The predicted octanol–water partition coefficient (Wildman–Crippen LogP) is 3.22. The Balaban J connectivity index is 2.12. The maximum atomic E-state index is 13.6. The van der Waals surface area contributed by atoms with Crippen LogP contribution in [0.4, 0.5) is 4.39 Å². The molecule has 1 aromatic carbocycles. The second kappa shape index (κ2) is 6.44. The minimum absolute atomic E-state index is 0.128. The van der Waals surface area contributed by atoms with Crippen LogP contribution in [-0.4, -0.2) is 22.5 Å². The van der Waals surface area contributed by atoms with Gasteiger partial charge >= 0.3 is 0 Å². The molecule has 1 aliphatic carbocycles. The van der Waals surface area contributed by atoms with Crippen LogP contribution in [0, 0.1) is 5.82 Å². The fraction of sp³-hybridized carbons (Fsp3) is 0.533. The molecule has 0 unspecified atom stereocenters. The number of hydrogen-bond donors (Lipinski definition) is 1. The summed E-state index contributed by atoms with van der Waals surface area (Å²) >= 11 is 4.88. The molecule has 0 aliphatic heterocycles. The Hall–Kier alpha value is -1.00. The molecule has 0 amide bonds. The van der Waals surface area contributed by atoms with Crippen molar-refractivity contribution in [3.63, 3.8) is 0 Å². The third kappa shape index (κ3) is 3.51. The second-order valence-electron chi connectivity index (χ2n) is 5.18. The Morgan fingerprint density at radius 2 is 2.11 bits per heavy atom. The summed E-state index contributed by atoms with van der Waals surface area (Å²) in [5.74, 6) is -0.333. The lowest BCUT2D eigenvalue weighted by Crippen LogP contribution is -2.32. The number of thiocarbonyl (C=S) groups is 1. The molecule has 2 rings (SSSR count). The number of hydrogen-bond acceptors (Lipinski definition) is 2. The van der Waals surface area contributed by atoms with Crippen LogP contribution in [0.1, 0.15) is 43.7 Å². The molecule has 0 atom stereocenters. The highest BCUT2D eigenvalue weighted by Crippen LogP contribution is 2.25. The quantitative estimate of drug-likeness (QED) is 0.840. The van der Waals surface area contributed by atoms with E-state index in [1.807, 2.05) is 6.07 Å². The van der Waals surface area contributed by atoms with E-state index < -0.39 is 0 Å². The molecule has 0 aromatic heterocycles. The first-order valence-electron chi connectivity index (χ1n) is 6.94. The first-order chi connectivity index (χ1) is 9.11. The molecule has 1 fully saturated rings. The zero-order valence-corrected chi connectivity index (χ0v) is 12.2. The molecule has 0 bridgehead atoms. The molecule has 1 aromatic rings. The van der Waals surface area contributed by atoms with Crippen LogP contribution in [0.3, 0.4) is 0 Å². The topological polar surface area (TPSA) is 29.3 Å². The minimum Gasteiger partial charge on any atom is -0.389 e. The molecule has 1 aliphatic rings. The zero-order valence-electron chi connectivity index (χ0n) is 11.4. The van der Waals surface area contributed by atoms with Crippen molar-refractivity contribution in [2.45, 2.75) is 45.2 Å². The van der Waals surface area contributed by atoms with Gasteiger partial charge in [-0.2, -0.15) is 0 Å². The molecule has 0 radical (unpaired) electrons. The van der Waals surface area contributed by atoms with Gasteiger partial charge in [0.2, 0.25) is 0 Å². The maximum absolute atomic E-state index is 13.6. The highest BCUT2D eigenvalue weighted by molar-refractivity contribution is 7.80. The smallest absolute Gasteiger partial charge is 0.133 e. The van der Waals surface area contributed by atoms with Crippen molar-refractivity contribution >= 4 is 17.2 Å². The van der Waals surface area contributed by atoms with Crippen molar-refractivity contribution in [2.24, 2.45) is 5.73 Å². The average molecular weight is 280 g/mol. The number of nitrogens with zero attached hydrogens (tertiary/aromatic N) is 1. The predicted molar refractivity (Wildman–Crippen MR) is 80.6 cm³/mol. The van der Waals surface area contributed by atoms with Gasteiger partial charge < -0.3 is 5.73 Å². The van der Waals surface area contributed by atoms with Gasteiger partial charge in [-0.1, -0.05) is 38.0 Å². The highest BCUT2D eigenvalue weighted by Gasteiger charge is 2.21. The van der Waals surface area contributed by atoms with E-state index in [1.54, 1.807) is 6.07 Å². The van der Waals surface area contributed by atoms with Crippen LogP contribution in [0.5, 0.6) is 0 Å². The molecule has 2 N–H and O–H groups in total. The lowest BCUT2D eigenvalue weighted by Gasteiger charge is -2.27. The monoisotopic (exact) mass is 280 g/mol. The molecule has 104 valence electrons. The van der Waals surface area contributed by atoms with Crippen molar-refractivity contribution < 1.29 is 4.39 Å². The van der Waals surface area contributed by atoms with Gasteiger partial charge in [-0.25, -0.2) is 4.39 Å². The summed E-state index contributed by atoms with van der Waals surface area (Å²) < 4.78 is 13.6. The summed E-state index contributed by atoms with van der Waals surface area (Å²) in [5.41, 5.74) is 6.98. The number of nitrogens with two attached hydrogens (primary N) is 1. The van der Waals surface area contributed by atoms with Crippen LogP contribution in [0.15, 0.2) is 18.2 Å². The Morgan fingerprint density at radius 1 is 1.42 bits per heavy atom. The number of halogens is 1. The van der Waals surface area contributed by atoms with E-state index in [9.17, 15) is 4.39 Å². The van der Waals surface area contributed by atoms with Gasteiger partial charge in [-0.3, -0.25) is 4.90 Å². The molecular weight excluding hydrogens is 259 g/mol. The molecular formula is C15H21FN2S. The molecule has 2 nitrogen and oxygen atoms in total. The Bertz CT molecular complexity index is 455. The summed E-state index contributed by atoms with van der Waals surface area (Å²) in [4.78, 5) is 2.59. The summed E-state index contributed by atoms with van der Waals surface area (Å²) in [6, 6.07) is 5.75. The van der Waals surface area contributed by atoms with E-state index in [1.165, 1.54) is 31.7 Å². The fourth-order valence-electron chi connectivity index (χ4n) is 2.86. The van der Waals surface area contributed by atoms with Crippen molar-refractivity contribution in [1.82, 2.24) is 4.90 Å². The van der Waals surface area contributed by atoms with Gasteiger partial charge in [0, 0.05) is 18.2 Å². The average Bonchev–Trinajstić information content (AvgIpc) is 2.91. The first kappa shape index (κ1) is 14.4. The van der Waals surface area contributed by atoms with Crippen molar-refractivity contribution in [3.8, 4) is 0 Å². The van der Waals surface area contributed by atoms with Crippen molar-refractivity contribution in [1.29, 1.82) is 0 Å². The Labute approximate surface area is 119 Å². The minimum atomic E-state index is -0.333. The standard InChI is InChI=1S/C15H21FN2S/c1-2-18(12-5-3-4-6-12)10-11-7-8-14(16)13(9-11)15(17)19/h7-9,12H,2-6,10H2,1H3,(H2,17,19). The highest BCUT2D eigenvalue weighted by atomic mass is 32.1. The van der Waals surface area contributed by atoms with Gasteiger partial charge in [0.05, 0.1) is 0 Å². The second-order valence-corrected chi connectivity index (χ2v) is 5.62. The molecule has 0 saturated heterocycles. The Kier molecular flexibility index (Phi) is 4.88. The van der Waals surface area contributed by atoms with Crippen LogP contribution in [0.25, 0.3) is 0 Å². The summed E-state index contributed by atoms with van der Waals surface area (Å²) in [6.45, 7) is 4.04. The molecule has 0 heterocycles. The Morgan fingerprint density at radius 3 is 2.68 bits per heavy atom. The van der Waals surface area contributed by atoms with Crippen LogP contribution >= 0.6 is 12.2 Å². The molecule has 0 spiro atoms. The number of rotatable bonds is 5.